The Morgan fingerprint density at radius 2 is 2.00 bits per heavy atom. The summed E-state index contributed by atoms with van der Waals surface area (Å²) in [6, 6.07) is 4.07. The number of aryl methyl sites for hydroxylation is 1. The number of anilines is 1. The molecule has 0 bridgehead atoms. The summed E-state index contributed by atoms with van der Waals surface area (Å²) >= 11 is 0. The standard InChI is InChI=1S/C16H19N3O6S/c1-3-14(20)17-11-4-5-13(10(2)6-11)26(23,24)18-7-12(8-18)19-15(21)9-25-16(19)22/h4-6,12H,3,7-9H2,1-2H3,(H,17,20). The SMILES string of the molecule is CCC(=O)Nc1ccc(S(=O)(=O)N2CC(N3C(=O)COC3=O)C2)c(C)c1. The van der Waals surface area contributed by atoms with Crippen LogP contribution >= 0.6 is 0 Å². The molecule has 0 unspecified atom stereocenters. The third-order valence-electron chi connectivity index (χ3n) is 4.38. The van der Waals surface area contributed by atoms with Gasteiger partial charge in [-0.3, -0.25) is 9.59 Å². The number of cyclic esters (lactones) is 1. The molecule has 2 saturated heterocycles. The van der Waals surface area contributed by atoms with Crippen LogP contribution in [-0.2, 0) is 24.3 Å². The molecule has 1 N–H and O–H groups in total. The van der Waals surface area contributed by atoms with Crippen molar-refractivity contribution in [3.8, 4) is 0 Å². The molecule has 0 spiro atoms. The molecule has 1 aromatic rings. The predicted molar refractivity (Wildman–Crippen MR) is 90.8 cm³/mol. The highest BCUT2D eigenvalue weighted by Gasteiger charge is 2.47. The van der Waals surface area contributed by atoms with E-state index in [0.29, 0.717) is 17.7 Å². The largest absolute Gasteiger partial charge is 0.439 e. The van der Waals surface area contributed by atoms with Gasteiger partial charge in [-0.1, -0.05) is 6.92 Å². The Balaban J connectivity index is 1.72. The van der Waals surface area contributed by atoms with E-state index in [1.807, 2.05) is 0 Å². The van der Waals surface area contributed by atoms with Gasteiger partial charge in [-0.15, -0.1) is 0 Å². The van der Waals surface area contributed by atoms with Crippen molar-refractivity contribution in [1.29, 1.82) is 0 Å². The fourth-order valence-corrected chi connectivity index (χ4v) is 4.62. The molecule has 140 valence electrons. The maximum Gasteiger partial charge on any atom is 0.417 e. The van der Waals surface area contributed by atoms with Crippen LogP contribution in [0.2, 0.25) is 0 Å². The van der Waals surface area contributed by atoms with Gasteiger partial charge >= 0.3 is 6.09 Å². The average Bonchev–Trinajstić information content (AvgIpc) is 2.85. The summed E-state index contributed by atoms with van der Waals surface area (Å²) in [6.45, 7) is 3.15. The molecule has 0 aliphatic carbocycles. The van der Waals surface area contributed by atoms with Gasteiger partial charge in [0.25, 0.3) is 5.91 Å². The number of nitrogens with one attached hydrogen (secondary N) is 1. The fourth-order valence-electron chi connectivity index (χ4n) is 2.90. The van der Waals surface area contributed by atoms with Crippen LogP contribution in [0, 0.1) is 6.92 Å². The van der Waals surface area contributed by atoms with E-state index in [0.717, 1.165) is 4.90 Å². The van der Waals surface area contributed by atoms with E-state index in [-0.39, 0.29) is 30.5 Å². The number of ether oxygens (including phenoxy) is 1. The van der Waals surface area contributed by atoms with Gasteiger partial charge in [0.1, 0.15) is 0 Å². The Kier molecular flexibility index (Phi) is 4.72. The van der Waals surface area contributed by atoms with Crippen LogP contribution in [0.15, 0.2) is 23.1 Å². The summed E-state index contributed by atoms with van der Waals surface area (Å²) in [5.41, 5.74) is 1.03. The molecular formula is C16H19N3O6S. The zero-order valence-electron chi connectivity index (χ0n) is 14.4. The number of benzene rings is 1. The number of hydrogen-bond acceptors (Lipinski definition) is 6. The van der Waals surface area contributed by atoms with Crippen molar-refractivity contribution >= 4 is 33.6 Å². The lowest BCUT2D eigenvalue weighted by Crippen LogP contribution is -2.62. The molecule has 0 saturated carbocycles. The molecule has 2 heterocycles. The van der Waals surface area contributed by atoms with Crippen molar-refractivity contribution in [2.24, 2.45) is 0 Å². The first-order valence-corrected chi connectivity index (χ1v) is 9.57. The highest BCUT2D eigenvalue weighted by molar-refractivity contribution is 7.89. The van der Waals surface area contributed by atoms with Crippen molar-refractivity contribution < 1.29 is 27.5 Å². The molecule has 26 heavy (non-hydrogen) atoms. The Morgan fingerprint density at radius 3 is 2.54 bits per heavy atom. The van der Waals surface area contributed by atoms with Gasteiger partial charge in [0.15, 0.2) is 6.61 Å². The average molecular weight is 381 g/mol. The Bertz CT molecular complexity index is 860. The number of rotatable bonds is 5. The lowest BCUT2D eigenvalue weighted by molar-refractivity contribution is -0.128. The van der Waals surface area contributed by atoms with Crippen molar-refractivity contribution in [3.63, 3.8) is 0 Å². The van der Waals surface area contributed by atoms with E-state index in [1.165, 1.54) is 16.4 Å². The fraction of sp³-hybridized carbons (Fsp3) is 0.438. The zero-order chi connectivity index (χ0) is 19.1. The molecule has 9 nitrogen and oxygen atoms in total. The van der Waals surface area contributed by atoms with Crippen LogP contribution in [0.25, 0.3) is 0 Å². The molecule has 10 heteroatoms. The molecule has 3 amide bonds. The summed E-state index contributed by atoms with van der Waals surface area (Å²) in [5, 5.41) is 2.68. The van der Waals surface area contributed by atoms with Crippen LogP contribution in [0.5, 0.6) is 0 Å². The number of nitrogens with zero attached hydrogens (tertiary/aromatic N) is 2. The van der Waals surface area contributed by atoms with Gasteiger partial charge in [-0.25, -0.2) is 18.1 Å². The van der Waals surface area contributed by atoms with Crippen LogP contribution in [0.1, 0.15) is 18.9 Å². The molecule has 0 radical (unpaired) electrons. The minimum Gasteiger partial charge on any atom is -0.439 e. The molecule has 0 aromatic heterocycles. The quantitative estimate of drug-likeness (QED) is 0.803. The minimum absolute atomic E-state index is 0.0386. The van der Waals surface area contributed by atoms with E-state index in [1.54, 1.807) is 19.9 Å². The van der Waals surface area contributed by atoms with Crippen molar-refractivity contribution in [2.75, 3.05) is 25.0 Å². The summed E-state index contributed by atoms with van der Waals surface area (Å²) in [6.07, 6.45) is -0.407. The predicted octanol–water partition coefficient (Wildman–Crippen LogP) is 0.695. The number of carbonyl (C=O) groups excluding carboxylic acids is 3. The zero-order valence-corrected chi connectivity index (χ0v) is 15.2. The number of imide groups is 1. The minimum atomic E-state index is -3.75. The third-order valence-corrected chi connectivity index (χ3v) is 6.37. The van der Waals surface area contributed by atoms with E-state index in [9.17, 15) is 22.8 Å². The molecule has 3 rings (SSSR count). The highest BCUT2D eigenvalue weighted by Crippen LogP contribution is 2.29. The second-order valence-corrected chi connectivity index (χ2v) is 8.08. The van der Waals surface area contributed by atoms with E-state index in [4.69, 9.17) is 0 Å². The smallest absolute Gasteiger partial charge is 0.417 e. The molecule has 2 fully saturated rings. The van der Waals surface area contributed by atoms with Gasteiger partial charge in [0.05, 0.1) is 10.9 Å². The Hall–Kier alpha value is -2.46. The molecule has 1 aromatic carbocycles. The third kappa shape index (κ3) is 3.17. The summed E-state index contributed by atoms with van der Waals surface area (Å²) in [5.74, 6) is -0.614. The van der Waals surface area contributed by atoms with Crippen LogP contribution in [0.3, 0.4) is 0 Å². The van der Waals surface area contributed by atoms with Gasteiger partial charge in [0.2, 0.25) is 15.9 Å². The first-order valence-electron chi connectivity index (χ1n) is 8.13. The first kappa shape index (κ1) is 18.3. The number of sulfonamides is 1. The molecule has 0 atom stereocenters. The number of carbonyl (C=O) groups is 3. The molecule has 2 aliphatic rings. The van der Waals surface area contributed by atoms with Crippen molar-refractivity contribution in [2.45, 2.75) is 31.2 Å². The Labute approximate surface area is 150 Å². The van der Waals surface area contributed by atoms with Gasteiger partial charge in [0, 0.05) is 25.2 Å². The summed E-state index contributed by atoms with van der Waals surface area (Å²) in [7, 11) is -3.75. The summed E-state index contributed by atoms with van der Waals surface area (Å²) < 4.78 is 31.4. The Morgan fingerprint density at radius 1 is 1.31 bits per heavy atom. The monoisotopic (exact) mass is 381 g/mol. The highest BCUT2D eigenvalue weighted by atomic mass is 32.2. The maximum atomic E-state index is 12.8. The van der Waals surface area contributed by atoms with Crippen LogP contribution in [0.4, 0.5) is 10.5 Å². The second-order valence-electron chi connectivity index (χ2n) is 6.18. The number of hydrogen-bond donors (Lipinski definition) is 1. The number of amides is 3. The van der Waals surface area contributed by atoms with Gasteiger partial charge < -0.3 is 10.1 Å². The maximum absolute atomic E-state index is 12.8. The lowest BCUT2D eigenvalue weighted by Gasteiger charge is -2.40. The molecular weight excluding hydrogens is 362 g/mol. The van der Waals surface area contributed by atoms with Crippen LogP contribution in [-0.4, -0.2) is 61.3 Å². The van der Waals surface area contributed by atoms with Crippen molar-refractivity contribution in [1.82, 2.24) is 9.21 Å². The van der Waals surface area contributed by atoms with Gasteiger partial charge in [-0.2, -0.15) is 4.31 Å². The second kappa shape index (κ2) is 6.69. The topological polar surface area (TPSA) is 113 Å². The summed E-state index contributed by atoms with van der Waals surface area (Å²) in [4.78, 5) is 35.7. The lowest BCUT2D eigenvalue weighted by atomic mass is 10.1. The normalized spacial score (nSPS) is 18.6. The first-order chi connectivity index (χ1) is 12.2. The van der Waals surface area contributed by atoms with Gasteiger partial charge in [-0.05, 0) is 30.7 Å². The van der Waals surface area contributed by atoms with Crippen LogP contribution < -0.4 is 5.32 Å². The van der Waals surface area contributed by atoms with E-state index >= 15 is 0 Å². The van der Waals surface area contributed by atoms with Crippen molar-refractivity contribution in [3.05, 3.63) is 23.8 Å². The van der Waals surface area contributed by atoms with E-state index in [2.05, 4.69) is 10.1 Å². The van der Waals surface area contributed by atoms with E-state index < -0.39 is 28.1 Å². The molecule has 2 aliphatic heterocycles.